The number of methoxy groups -OCH3 is 1. The van der Waals surface area contributed by atoms with Gasteiger partial charge in [0.25, 0.3) is 0 Å². The van der Waals surface area contributed by atoms with Gasteiger partial charge in [0.05, 0.1) is 29.8 Å². The van der Waals surface area contributed by atoms with Crippen LogP contribution in [0.3, 0.4) is 0 Å². The fourth-order valence-electron chi connectivity index (χ4n) is 3.54. The van der Waals surface area contributed by atoms with Gasteiger partial charge >= 0.3 is 0 Å². The van der Waals surface area contributed by atoms with Gasteiger partial charge in [0, 0.05) is 0 Å². The molecule has 168 valence electrons. The summed E-state index contributed by atoms with van der Waals surface area (Å²) in [6.45, 7) is 4.05. The average Bonchev–Trinajstić information content (AvgIpc) is 3.22. The SMILES string of the molecule is COc1ccccc1NC(=O)CSc1nnc(-c2ccccc2O)n1-c1ccc(C)cc1C. The maximum atomic E-state index is 12.7. The van der Waals surface area contributed by atoms with E-state index in [1.807, 2.05) is 48.7 Å². The number of ether oxygens (including phenoxy) is 1. The number of nitrogens with zero attached hydrogens (tertiary/aromatic N) is 3. The van der Waals surface area contributed by atoms with Crippen LogP contribution in [0.15, 0.2) is 71.9 Å². The molecular weight excluding hydrogens is 436 g/mol. The Bertz CT molecular complexity index is 1300. The van der Waals surface area contributed by atoms with Crippen molar-refractivity contribution in [3.05, 3.63) is 77.9 Å². The predicted molar refractivity (Wildman–Crippen MR) is 130 cm³/mol. The third-order valence-corrected chi connectivity index (χ3v) is 6.01. The van der Waals surface area contributed by atoms with Crippen molar-refractivity contribution in [1.82, 2.24) is 14.8 Å². The van der Waals surface area contributed by atoms with Crippen molar-refractivity contribution < 1.29 is 14.6 Å². The van der Waals surface area contributed by atoms with Gasteiger partial charge in [-0.3, -0.25) is 9.36 Å². The largest absolute Gasteiger partial charge is 0.507 e. The molecule has 1 amide bonds. The number of hydrogen-bond acceptors (Lipinski definition) is 6. The number of hydrogen-bond donors (Lipinski definition) is 2. The van der Waals surface area contributed by atoms with E-state index in [0.29, 0.717) is 28.0 Å². The molecule has 4 rings (SSSR count). The highest BCUT2D eigenvalue weighted by Gasteiger charge is 2.20. The Morgan fingerprint density at radius 2 is 1.82 bits per heavy atom. The Labute approximate surface area is 196 Å². The standard InChI is InChI=1S/C25H24N4O3S/c1-16-12-13-20(17(2)14-16)29-24(18-8-4-6-10-21(18)30)27-28-25(29)33-15-23(31)26-19-9-5-7-11-22(19)32-3/h4-14,30H,15H2,1-3H3,(H,26,31). The van der Waals surface area contributed by atoms with Crippen LogP contribution in [0.5, 0.6) is 11.5 Å². The minimum Gasteiger partial charge on any atom is -0.507 e. The van der Waals surface area contributed by atoms with Crippen LogP contribution in [0.1, 0.15) is 11.1 Å². The minimum atomic E-state index is -0.191. The van der Waals surface area contributed by atoms with Gasteiger partial charge in [-0.25, -0.2) is 0 Å². The van der Waals surface area contributed by atoms with E-state index in [2.05, 4.69) is 21.6 Å². The Kier molecular flexibility index (Phi) is 6.65. The second kappa shape index (κ2) is 9.79. The van der Waals surface area contributed by atoms with Crippen molar-refractivity contribution in [3.8, 4) is 28.6 Å². The lowest BCUT2D eigenvalue weighted by atomic mass is 10.1. The Hall–Kier alpha value is -3.78. The molecule has 0 saturated heterocycles. The third-order valence-electron chi connectivity index (χ3n) is 5.08. The Morgan fingerprint density at radius 3 is 2.58 bits per heavy atom. The number of benzene rings is 3. The van der Waals surface area contributed by atoms with Gasteiger partial charge in [-0.1, -0.05) is 53.7 Å². The van der Waals surface area contributed by atoms with E-state index < -0.39 is 0 Å². The number of para-hydroxylation sites is 3. The lowest BCUT2D eigenvalue weighted by Gasteiger charge is -2.14. The van der Waals surface area contributed by atoms with E-state index in [1.165, 1.54) is 11.8 Å². The Morgan fingerprint density at radius 1 is 1.06 bits per heavy atom. The average molecular weight is 461 g/mol. The highest BCUT2D eigenvalue weighted by molar-refractivity contribution is 7.99. The summed E-state index contributed by atoms with van der Waals surface area (Å²) < 4.78 is 7.18. The molecular formula is C25H24N4O3S. The van der Waals surface area contributed by atoms with Gasteiger partial charge in [-0.05, 0) is 49.7 Å². The van der Waals surface area contributed by atoms with E-state index in [4.69, 9.17) is 4.74 Å². The molecule has 0 aliphatic rings. The van der Waals surface area contributed by atoms with Gasteiger partial charge in [0.15, 0.2) is 11.0 Å². The zero-order chi connectivity index (χ0) is 23.4. The van der Waals surface area contributed by atoms with Gasteiger partial charge in [-0.15, -0.1) is 10.2 Å². The molecule has 0 saturated carbocycles. The minimum absolute atomic E-state index is 0.112. The summed E-state index contributed by atoms with van der Waals surface area (Å²) in [6, 6.07) is 20.3. The van der Waals surface area contributed by atoms with E-state index in [0.717, 1.165) is 16.8 Å². The maximum absolute atomic E-state index is 12.7. The molecule has 0 atom stereocenters. The Balaban J connectivity index is 1.66. The summed E-state index contributed by atoms with van der Waals surface area (Å²) in [5.74, 6) is 1.15. The van der Waals surface area contributed by atoms with Crippen molar-refractivity contribution in [2.45, 2.75) is 19.0 Å². The first-order valence-corrected chi connectivity index (χ1v) is 11.3. The molecule has 7 nitrogen and oxygen atoms in total. The van der Waals surface area contributed by atoms with Crippen LogP contribution in [0.2, 0.25) is 0 Å². The normalized spacial score (nSPS) is 10.8. The van der Waals surface area contributed by atoms with Crippen molar-refractivity contribution in [1.29, 1.82) is 0 Å². The first-order chi connectivity index (χ1) is 16.0. The van der Waals surface area contributed by atoms with Crippen LogP contribution in [-0.4, -0.2) is 38.6 Å². The first-order valence-electron chi connectivity index (χ1n) is 10.3. The van der Waals surface area contributed by atoms with Crippen LogP contribution >= 0.6 is 11.8 Å². The van der Waals surface area contributed by atoms with E-state index in [1.54, 1.807) is 37.4 Å². The van der Waals surface area contributed by atoms with E-state index >= 15 is 0 Å². The number of phenolic OH excluding ortho intramolecular Hbond substituents is 1. The molecule has 33 heavy (non-hydrogen) atoms. The number of rotatable bonds is 7. The molecule has 8 heteroatoms. The van der Waals surface area contributed by atoms with Crippen LogP contribution in [0.25, 0.3) is 17.1 Å². The fourth-order valence-corrected chi connectivity index (χ4v) is 4.28. The summed E-state index contributed by atoms with van der Waals surface area (Å²) in [4.78, 5) is 12.7. The highest BCUT2D eigenvalue weighted by Crippen LogP contribution is 2.34. The van der Waals surface area contributed by atoms with Gasteiger partial charge in [0.2, 0.25) is 5.91 Å². The summed E-state index contributed by atoms with van der Waals surface area (Å²) in [6.07, 6.45) is 0. The molecule has 0 aliphatic heterocycles. The summed E-state index contributed by atoms with van der Waals surface area (Å²) in [7, 11) is 1.56. The molecule has 0 radical (unpaired) electrons. The van der Waals surface area contributed by atoms with Gasteiger partial charge in [0.1, 0.15) is 11.5 Å². The number of amides is 1. The van der Waals surface area contributed by atoms with Crippen LogP contribution in [-0.2, 0) is 4.79 Å². The number of nitrogens with one attached hydrogen (secondary N) is 1. The number of phenols is 1. The molecule has 2 N–H and O–H groups in total. The summed E-state index contributed by atoms with van der Waals surface area (Å²) >= 11 is 1.27. The zero-order valence-corrected chi connectivity index (χ0v) is 19.4. The number of carbonyl (C=O) groups excluding carboxylic acids is 1. The molecule has 3 aromatic carbocycles. The summed E-state index contributed by atoms with van der Waals surface area (Å²) in [5.41, 5.74) is 4.23. The smallest absolute Gasteiger partial charge is 0.234 e. The predicted octanol–water partition coefficient (Wildman–Crippen LogP) is 5.00. The van der Waals surface area contributed by atoms with Gasteiger partial charge < -0.3 is 15.2 Å². The molecule has 0 bridgehead atoms. The lowest BCUT2D eigenvalue weighted by Crippen LogP contribution is -2.15. The number of aryl methyl sites for hydroxylation is 2. The van der Waals surface area contributed by atoms with Crippen molar-refractivity contribution in [2.75, 3.05) is 18.2 Å². The second-order valence-electron chi connectivity index (χ2n) is 7.49. The number of aromatic hydroxyl groups is 1. The fraction of sp³-hybridized carbons (Fsp3) is 0.160. The molecule has 1 heterocycles. The van der Waals surface area contributed by atoms with E-state index in [-0.39, 0.29) is 17.4 Å². The molecule has 0 spiro atoms. The molecule has 0 fully saturated rings. The number of carbonyl (C=O) groups is 1. The zero-order valence-electron chi connectivity index (χ0n) is 18.6. The number of aromatic nitrogens is 3. The second-order valence-corrected chi connectivity index (χ2v) is 8.43. The number of anilines is 1. The van der Waals surface area contributed by atoms with Gasteiger partial charge in [-0.2, -0.15) is 0 Å². The molecule has 0 aliphatic carbocycles. The highest BCUT2D eigenvalue weighted by atomic mass is 32.2. The van der Waals surface area contributed by atoms with Crippen LogP contribution in [0, 0.1) is 13.8 Å². The monoisotopic (exact) mass is 460 g/mol. The first kappa shape index (κ1) is 22.4. The van der Waals surface area contributed by atoms with Crippen LogP contribution < -0.4 is 10.1 Å². The maximum Gasteiger partial charge on any atom is 0.234 e. The molecule has 1 aromatic heterocycles. The van der Waals surface area contributed by atoms with Crippen molar-refractivity contribution in [2.24, 2.45) is 0 Å². The van der Waals surface area contributed by atoms with Crippen molar-refractivity contribution >= 4 is 23.4 Å². The topological polar surface area (TPSA) is 89.3 Å². The third kappa shape index (κ3) is 4.85. The van der Waals surface area contributed by atoms with Crippen molar-refractivity contribution in [3.63, 3.8) is 0 Å². The molecule has 0 unspecified atom stereocenters. The van der Waals surface area contributed by atoms with Crippen LogP contribution in [0.4, 0.5) is 5.69 Å². The lowest BCUT2D eigenvalue weighted by molar-refractivity contribution is -0.113. The molecule has 4 aromatic rings. The summed E-state index contributed by atoms with van der Waals surface area (Å²) in [5, 5.41) is 22.6. The van der Waals surface area contributed by atoms with E-state index in [9.17, 15) is 9.90 Å². The quantitative estimate of drug-likeness (QED) is 0.378. The number of thioether (sulfide) groups is 1.